The molecular formula is C17H28N2O. The van der Waals surface area contributed by atoms with Gasteiger partial charge in [0.25, 0.3) is 5.91 Å². The zero-order chi connectivity index (χ0) is 14.6. The zero-order valence-electron chi connectivity index (χ0n) is 12.7. The van der Waals surface area contributed by atoms with E-state index in [-0.39, 0.29) is 5.91 Å². The highest BCUT2D eigenvalue weighted by Gasteiger charge is 2.05. The normalized spacial score (nSPS) is 10.5. The Bertz CT molecular complexity index is 390. The van der Waals surface area contributed by atoms with Gasteiger partial charge in [-0.3, -0.25) is 4.79 Å². The Labute approximate surface area is 122 Å². The lowest BCUT2D eigenvalue weighted by atomic mass is 10.1. The molecule has 0 aliphatic rings. The van der Waals surface area contributed by atoms with Gasteiger partial charge in [0.2, 0.25) is 0 Å². The summed E-state index contributed by atoms with van der Waals surface area (Å²) < 4.78 is 0. The molecule has 0 atom stereocenters. The number of carbonyl (C=O) groups is 1. The Morgan fingerprint density at radius 2 is 1.90 bits per heavy atom. The van der Waals surface area contributed by atoms with Crippen LogP contribution in [-0.2, 0) is 6.42 Å². The van der Waals surface area contributed by atoms with Crippen LogP contribution >= 0.6 is 0 Å². The van der Waals surface area contributed by atoms with Crippen LogP contribution in [0.15, 0.2) is 24.3 Å². The van der Waals surface area contributed by atoms with Crippen molar-refractivity contribution in [2.24, 2.45) is 5.73 Å². The van der Waals surface area contributed by atoms with Crippen LogP contribution in [0.1, 0.15) is 61.4 Å². The smallest absolute Gasteiger partial charge is 0.251 e. The Kier molecular flexibility index (Phi) is 8.72. The van der Waals surface area contributed by atoms with Crippen molar-refractivity contribution in [2.75, 3.05) is 13.1 Å². The van der Waals surface area contributed by atoms with Gasteiger partial charge in [0, 0.05) is 12.1 Å². The molecule has 1 aromatic carbocycles. The van der Waals surface area contributed by atoms with Crippen molar-refractivity contribution in [2.45, 2.75) is 51.9 Å². The summed E-state index contributed by atoms with van der Waals surface area (Å²) in [7, 11) is 0. The molecule has 0 aromatic heterocycles. The number of nitrogens with one attached hydrogen (secondary N) is 1. The van der Waals surface area contributed by atoms with Crippen LogP contribution in [0, 0.1) is 0 Å². The zero-order valence-corrected chi connectivity index (χ0v) is 12.7. The fourth-order valence-electron chi connectivity index (χ4n) is 2.24. The lowest BCUT2D eigenvalue weighted by molar-refractivity contribution is 0.0953. The Morgan fingerprint density at radius 3 is 2.65 bits per heavy atom. The van der Waals surface area contributed by atoms with Gasteiger partial charge < -0.3 is 11.1 Å². The molecule has 20 heavy (non-hydrogen) atoms. The second-order valence-corrected chi connectivity index (χ2v) is 5.26. The maximum absolute atomic E-state index is 12.0. The van der Waals surface area contributed by atoms with E-state index in [9.17, 15) is 4.79 Å². The maximum atomic E-state index is 12.0. The van der Waals surface area contributed by atoms with Crippen LogP contribution in [0.25, 0.3) is 0 Å². The molecule has 1 amide bonds. The predicted octanol–water partition coefficient (Wildman–Crippen LogP) is 3.28. The minimum Gasteiger partial charge on any atom is -0.352 e. The molecule has 0 radical (unpaired) electrons. The molecule has 0 aliphatic heterocycles. The molecule has 3 N–H and O–H groups in total. The van der Waals surface area contributed by atoms with Crippen LogP contribution < -0.4 is 11.1 Å². The van der Waals surface area contributed by atoms with E-state index in [2.05, 4.69) is 12.2 Å². The van der Waals surface area contributed by atoms with E-state index in [0.29, 0.717) is 6.54 Å². The lowest BCUT2D eigenvalue weighted by Gasteiger charge is -2.07. The van der Waals surface area contributed by atoms with Gasteiger partial charge in [-0.2, -0.15) is 0 Å². The number of hydrogen-bond acceptors (Lipinski definition) is 2. The average Bonchev–Trinajstić information content (AvgIpc) is 2.47. The number of rotatable bonds is 10. The number of hydrogen-bond donors (Lipinski definition) is 2. The molecule has 0 saturated heterocycles. The number of unbranched alkanes of at least 4 members (excludes halogenated alkanes) is 5. The summed E-state index contributed by atoms with van der Waals surface area (Å²) in [5, 5.41) is 2.99. The third-order valence-corrected chi connectivity index (χ3v) is 3.44. The molecule has 0 heterocycles. The van der Waals surface area contributed by atoms with Gasteiger partial charge in [-0.05, 0) is 37.1 Å². The molecule has 0 fully saturated rings. The predicted molar refractivity (Wildman–Crippen MR) is 84.9 cm³/mol. The molecular weight excluding hydrogens is 248 g/mol. The van der Waals surface area contributed by atoms with Crippen LogP contribution in [0.3, 0.4) is 0 Å². The van der Waals surface area contributed by atoms with E-state index >= 15 is 0 Å². The lowest BCUT2D eigenvalue weighted by Crippen LogP contribution is -2.24. The molecule has 3 nitrogen and oxygen atoms in total. The van der Waals surface area contributed by atoms with Crippen molar-refractivity contribution in [1.82, 2.24) is 5.32 Å². The molecule has 0 spiro atoms. The summed E-state index contributed by atoms with van der Waals surface area (Å²) in [5.74, 6) is 0.0254. The second-order valence-electron chi connectivity index (χ2n) is 5.26. The summed E-state index contributed by atoms with van der Waals surface area (Å²) in [5.41, 5.74) is 7.40. The van der Waals surface area contributed by atoms with Gasteiger partial charge in [0.1, 0.15) is 0 Å². The van der Waals surface area contributed by atoms with Gasteiger partial charge >= 0.3 is 0 Å². The Morgan fingerprint density at radius 1 is 1.15 bits per heavy atom. The first-order chi connectivity index (χ1) is 9.77. The van der Waals surface area contributed by atoms with Gasteiger partial charge in [-0.15, -0.1) is 0 Å². The highest BCUT2D eigenvalue weighted by Crippen LogP contribution is 2.07. The van der Waals surface area contributed by atoms with Crippen LogP contribution in [0.5, 0.6) is 0 Å². The topological polar surface area (TPSA) is 55.1 Å². The van der Waals surface area contributed by atoms with E-state index in [4.69, 9.17) is 5.73 Å². The second kappa shape index (κ2) is 10.4. The van der Waals surface area contributed by atoms with E-state index < -0.39 is 0 Å². The van der Waals surface area contributed by atoms with Gasteiger partial charge in [0.15, 0.2) is 0 Å². The fourth-order valence-corrected chi connectivity index (χ4v) is 2.24. The van der Waals surface area contributed by atoms with Crippen molar-refractivity contribution < 1.29 is 4.79 Å². The van der Waals surface area contributed by atoms with Crippen molar-refractivity contribution >= 4 is 5.91 Å². The average molecular weight is 276 g/mol. The van der Waals surface area contributed by atoms with E-state index in [1.54, 1.807) is 0 Å². The Balaban J connectivity index is 2.23. The molecule has 0 aliphatic carbocycles. The number of carbonyl (C=O) groups excluding carboxylic acids is 1. The first-order valence-electron chi connectivity index (χ1n) is 7.85. The van der Waals surface area contributed by atoms with Crippen LogP contribution in [0.2, 0.25) is 0 Å². The largest absolute Gasteiger partial charge is 0.352 e. The van der Waals surface area contributed by atoms with Crippen molar-refractivity contribution in [3.63, 3.8) is 0 Å². The van der Waals surface area contributed by atoms with E-state index in [0.717, 1.165) is 30.5 Å². The van der Waals surface area contributed by atoms with Crippen molar-refractivity contribution in [3.8, 4) is 0 Å². The summed E-state index contributed by atoms with van der Waals surface area (Å²) in [6.07, 6.45) is 8.27. The monoisotopic (exact) mass is 276 g/mol. The fraction of sp³-hybridized carbons (Fsp3) is 0.588. The summed E-state index contributed by atoms with van der Waals surface area (Å²) in [6.45, 7) is 3.61. The molecule has 112 valence electrons. The van der Waals surface area contributed by atoms with Crippen LogP contribution in [-0.4, -0.2) is 19.0 Å². The first-order valence-corrected chi connectivity index (χ1v) is 7.85. The quantitative estimate of drug-likeness (QED) is 0.644. The third-order valence-electron chi connectivity index (χ3n) is 3.44. The summed E-state index contributed by atoms with van der Waals surface area (Å²) >= 11 is 0. The van der Waals surface area contributed by atoms with Gasteiger partial charge in [-0.1, -0.05) is 51.2 Å². The molecule has 0 saturated carbocycles. The maximum Gasteiger partial charge on any atom is 0.251 e. The highest BCUT2D eigenvalue weighted by atomic mass is 16.1. The minimum atomic E-state index is 0.0254. The Hall–Kier alpha value is -1.35. The van der Waals surface area contributed by atoms with Crippen molar-refractivity contribution in [3.05, 3.63) is 35.4 Å². The number of nitrogens with two attached hydrogens (primary N) is 1. The minimum absolute atomic E-state index is 0.0254. The molecule has 0 unspecified atom stereocenters. The van der Waals surface area contributed by atoms with Gasteiger partial charge in [-0.25, -0.2) is 0 Å². The van der Waals surface area contributed by atoms with Crippen LogP contribution in [0.4, 0.5) is 0 Å². The van der Waals surface area contributed by atoms with Gasteiger partial charge in [0.05, 0.1) is 0 Å². The van der Waals surface area contributed by atoms with E-state index in [1.165, 1.54) is 32.1 Å². The van der Waals surface area contributed by atoms with E-state index in [1.807, 2.05) is 24.3 Å². The summed E-state index contributed by atoms with van der Waals surface area (Å²) in [4.78, 5) is 12.0. The molecule has 0 bridgehead atoms. The SMILES string of the molecule is CCCCCCCCNC(=O)c1cccc(CCN)c1. The molecule has 3 heteroatoms. The number of amides is 1. The third kappa shape index (κ3) is 6.71. The highest BCUT2D eigenvalue weighted by molar-refractivity contribution is 5.94. The molecule has 1 aromatic rings. The number of benzene rings is 1. The first kappa shape index (κ1) is 16.7. The van der Waals surface area contributed by atoms with Crippen molar-refractivity contribution in [1.29, 1.82) is 0 Å². The standard InChI is InChI=1S/C17H28N2O/c1-2-3-4-5-6-7-13-19-17(20)16-10-8-9-15(14-16)11-12-18/h8-10,14H,2-7,11-13,18H2,1H3,(H,19,20). The summed E-state index contributed by atoms with van der Waals surface area (Å²) in [6, 6.07) is 7.72. The molecule has 1 rings (SSSR count).